The molecule has 0 saturated carbocycles. The number of carbonyl (C=O) groups is 2. The standard InChI is InChI=1S/C22H23F2N3O3/c23-15-7-6-8-16(24)21(15)25-20(28)14-27-13-19(22(29)26-11-4-1-5-12-26)30-18-10-3-2-9-17(18)27/h2-3,6-10,19H,1,4-5,11-14H2,(H,25,28). The molecule has 1 unspecified atom stereocenters. The van der Waals surface area contributed by atoms with E-state index in [-0.39, 0.29) is 19.0 Å². The van der Waals surface area contributed by atoms with Gasteiger partial charge in [0.15, 0.2) is 6.10 Å². The van der Waals surface area contributed by atoms with Gasteiger partial charge in [0, 0.05) is 13.1 Å². The normalized spacial score (nSPS) is 18.4. The molecule has 2 aliphatic rings. The number of halogens is 2. The highest BCUT2D eigenvalue weighted by molar-refractivity contribution is 5.95. The number of benzene rings is 2. The van der Waals surface area contributed by atoms with E-state index in [0.717, 1.165) is 31.4 Å². The van der Waals surface area contributed by atoms with E-state index in [1.807, 2.05) is 0 Å². The first-order valence-corrected chi connectivity index (χ1v) is 10.1. The first-order valence-electron chi connectivity index (χ1n) is 10.1. The predicted molar refractivity (Wildman–Crippen MR) is 108 cm³/mol. The second kappa shape index (κ2) is 8.69. The molecule has 6 nitrogen and oxygen atoms in total. The highest BCUT2D eigenvalue weighted by Gasteiger charge is 2.34. The van der Waals surface area contributed by atoms with Crippen molar-refractivity contribution in [1.82, 2.24) is 4.90 Å². The van der Waals surface area contributed by atoms with Gasteiger partial charge in [-0.05, 0) is 43.5 Å². The number of anilines is 2. The monoisotopic (exact) mass is 415 g/mol. The minimum Gasteiger partial charge on any atom is -0.477 e. The average Bonchev–Trinajstić information content (AvgIpc) is 2.76. The van der Waals surface area contributed by atoms with Crippen LogP contribution in [0.1, 0.15) is 19.3 Å². The van der Waals surface area contributed by atoms with Crippen molar-refractivity contribution in [3.05, 3.63) is 54.1 Å². The lowest BCUT2D eigenvalue weighted by Gasteiger charge is -2.38. The number of hydrogen-bond acceptors (Lipinski definition) is 4. The molecule has 4 rings (SSSR count). The second-order valence-corrected chi connectivity index (χ2v) is 7.49. The van der Waals surface area contributed by atoms with Crippen molar-refractivity contribution in [3.63, 3.8) is 0 Å². The zero-order chi connectivity index (χ0) is 21.1. The van der Waals surface area contributed by atoms with Crippen LogP contribution in [0.5, 0.6) is 5.75 Å². The lowest BCUT2D eigenvalue weighted by atomic mass is 10.1. The van der Waals surface area contributed by atoms with Gasteiger partial charge in [0.05, 0.1) is 18.8 Å². The summed E-state index contributed by atoms with van der Waals surface area (Å²) < 4.78 is 33.7. The number of para-hydroxylation sites is 3. The topological polar surface area (TPSA) is 61.9 Å². The predicted octanol–water partition coefficient (Wildman–Crippen LogP) is 3.18. The third-order valence-corrected chi connectivity index (χ3v) is 5.37. The molecule has 2 amide bonds. The quantitative estimate of drug-likeness (QED) is 0.833. The van der Waals surface area contributed by atoms with E-state index in [0.29, 0.717) is 24.5 Å². The van der Waals surface area contributed by atoms with Crippen molar-refractivity contribution >= 4 is 23.2 Å². The maximum atomic E-state index is 13.9. The number of ether oxygens (including phenoxy) is 1. The van der Waals surface area contributed by atoms with Gasteiger partial charge in [-0.25, -0.2) is 8.78 Å². The summed E-state index contributed by atoms with van der Waals surface area (Å²) in [6.45, 7) is 1.41. The second-order valence-electron chi connectivity index (χ2n) is 7.49. The molecule has 1 atom stereocenters. The Morgan fingerprint density at radius 1 is 1.00 bits per heavy atom. The summed E-state index contributed by atoms with van der Waals surface area (Å²) in [6, 6.07) is 10.5. The van der Waals surface area contributed by atoms with Crippen LogP contribution < -0.4 is 15.0 Å². The van der Waals surface area contributed by atoms with Crippen molar-refractivity contribution < 1.29 is 23.1 Å². The molecule has 2 aliphatic heterocycles. The number of fused-ring (bicyclic) bond motifs is 1. The minimum absolute atomic E-state index is 0.102. The molecule has 1 N–H and O–H groups in total. The van der Waals surface area contributed by atoms with Crippen LogP contribution in [0.15, 0.2) is 42.5 Å². The molecule has 8 heteroatoms. The van der Waals surface area contributed by atoms with Gasteiger partial charge in [-0.3, -0.25) is 9.59 Å². The summed E-state index contributed by atoms with van der Waals surface area (Å²) in [6.07, 6.45) is 2.30. The Labute approximate surface area is 173 Å². The van der Waals surface area contributed by atoms with Crippen LogP contribution >= 0.6 is 0 Å². The third-order valence-electron chi connectivity index (χ3n) is 5.37. The number of likely N-dealkylation sites (tertiary alicyclic amines) is 1. The van der Waals surface area contributed by atoms with E-state index in [9.17, 15) is 18.4 Å². The molecule has 0 aromatic heterocycles. The number of amides is 2. The van der Waals surface area contributed by atoms with Crippen molar-refractivity contribution in [2.24, 2.45) is 0 Å². The fourth-order valence-corrected chi connectivity index (χ4v) is 3.87. The van der Waals surface area contributed by atoms with E-state index in [4.69, 9.17) is 4.74 Å². The van der Waals surface area contributed by atoms with Crippen LogP contribution in [0.2, 0.25) is 0 Å². The highest BCUT2D eigenvalue weighted by atomic mass is 19.1. The molecular formula is C22H23F2N3O3. The van der Waals surface area contributed by atoms with Crippen LogP contribution in [0.25, 0.3) is 0 Å². The minimum atomic E-state index is -0.844. The van der Waals surface area contributed by atoms with Gasteiger partial charge in [0.25, 0.3) is 5.91 Å². The molecule has 0 aliphatic carbocycles. The number of carbonyl (C=O) groups excluding carboxylic acids is 2. The number of hydrogen-bond donors (Lipinski definition) is 1. The first-order chi connectivity index (χ1) is 14.5. The Morgan fingerprint density at radius 2 is 1.70 bits per heavy atom. The summed E-state index contributed by atoms with van der Waals surface area (Å²) >= 11 is 0. The summed E-state index contributed by atoms with van der Waals surface area (Å²) in [5, 5.41) is 2.30. The maximum Gasteiger partial charge on any atom is 0.265 e. The number of piperidine rings is 1. The van der Waals surface area contributed by atoms with Crippen molar-refractivity contribution in [1.29, 1.82) is 0 Å². The number of rotatable bonds is 4. The Balaban J connectivity index is 1.51. The van der Waals surface area contributed by atoms with Crippen LogP contribution in [0.4, 0.5) is 20.2 Å². The smallest absolute Gasteiger partial charge is 0.265 e. The van der Waals surface area contributed by atoms with Crippen LogP contribution in [-0.2, 0) is 9.59 Å². The SMILES string of the molecule is O=C(CN1CC(C(=O)N2CCCCC2)Oc2ccccc21)Nc1c(F)cccc1F. The van der Waals surface area contributed by atoms with Gasteiger partial charge in [0.2, 0.25) is 5.91 Å². The van der Waals surface area contributed by atoms with E-state index in [1.165, 1.54) is 6.07 Å². The van der Waals surface area contributed by atoms with E-state index in [1.54, 1.807) is 34.1 Å². The van der Waals surface area contributed by atoms with Gasteiger partial charge in [-0.1, -0.05) is 18.2 Å². The van der Waals surface area contributed by atoms with Crippen LogP contribution in [0.3, 0.4) is 0 Å². The summed E-state index contributed by atoms with van der Waals surface area (Å²) in [7, 11) is 0. The molecule has 2 aromatic rings. The van der Waals surface area contributed by atoms with Gasteiger partial charge in [-0.15, -0.1) is 0 Å². The average molecular weight is 415 g/mol. The van der Waals surface area contributed by atoms with E-state index >= 15 is 0 Å². The molecule has 0 radical (unpaired) electrons. The number of nitrogens with one attached hydrogen (secondary N) is 1. The Hall–Kier alpha value is -3.16. The van der Waals surface area contributed by atoms with Crippen molar-refractivity contribution in [3.8, 4) is 5.75 Å². The van der Waals surface area contributed by atoms with E-state index < -0.39 is 29.3 Å². The van der Waals surface area contributed by atoms with E-state index in [2.05, 4.69) is 5.32 Å². The van der Waals surface area contributed by atoms with Crippen LogP contribution in [-0.4, -0.2) is 49.0 Å². The Bertz CT molecular complexity index is 927. The number of nitrogens with zero attached hydrogens (tertiary/aromatic N) is 2. The van der Waals surface area contributed by atoms with Gasteiger partial charge < -0.3 is 19.9 Å². The Kier molecular flexibility index (Phi) is 5.83. The third kappa shape index (κ3) is 4.22. The molecular weight excluding hydrogens is 392 g/mol. The van der Waals surface area contributed by atoms with Gasteiger partial charge in [0.1, 0.15) is 23.1 Å². The molecule has 0 spiro atoms. The first kappa shape index (κ1) is 20.1. The zero-order valence-corrected chi connectivity index (χ0v) is 16.4. The molecule has 30 heavy (non-hydrogen) atoms. The fourth-order valence-electron chi connectivity index (χ4n) is 3.87. The molecule has 1 saturated heterocycles. The largest absolute Gasteiger partial charge is 0.477 e. The molecule has 0 bridgehead atoms. The molecule has 1 fully saturated rings. The van der Waals surface area contributed by atoms with Gasteiger partial charge >= 0.3 is 0 Å². The lowest BCUT2D eigenvalue weighted by molar-refractivity contribution is -0.139. The molecule has 158 valence electrons. The fraction of sp³-hybridized carbons (Fsp3) is 0.364. The Morgan fingerprint density at radius 3 is 2.43 bits per heavy atom. The summed E-state index contributed by atoms with van der Waals surface area (Å²) in [5.41, 5.74) is 0.175. The van der Waals surface area contributed by atoms with Crippen molar-refractivity contribution in [2.75, 3.05) is 36.4 Å². The lowest BCUT2D eigenvalue weighted by Crippen LogP contribution is -2.52. The molecule has 2 heterocycles. The van der Waals surface area contributed by atoms with Gasteiger partial charge in [-0.2, -0.15) is 0 Å². The zero-order valence-electron chi connectivity index (χ0n) is 16.4. The van der Waals surface area contributed by atoms with Crippen LogP contribution in [0, 0.1) is 11.6 Å². The molecule has 2 aromatic carbocycles. The maximum absolute atomic E-state index is 13.9. The highest BCUT2D eigenvalue weighted by Crippen LogP contribution is 2.33. The van der Waals surface area contributed by atoms with Crippen molar-refractivity contribution in [2.45, 2.75) is 25.4 Å². The summed E-state index contributed by atoms with van der Waals surface area (Å²) in [4.78, 5) is 29.0. The summed E-state index contributed by atoms with van der Waals surface area (Å²) in [5.74, 6) is -1.87.